The van der Waals surface area contributed by atoms with Gasteiger partial charge in [0.15, 0.2) is 0 Å². The van der Waals surface area contributed by atoms with Gasteiger partial charge in [0.05, 0.1) is 6.20 Å². The van der Waals surface area contributed by atoms with Crippen LogP contribution in [0.25, 0.3) is 0 Å². The molecule has 0 aromatic carbocycles. The second-order valence-electron chi connectivity index (χ2n) is 4.61. The summed E-state index contributed by atoms with van der Waals surface area (Å²) in [5, 5.41) is 4.37. The van der Waals surface area contributed by atoms with Gasteiger partial charge in [0.2, 0.25) is 0 Å². The standard InChI is InChI=1S/C13H24N2/c1-4-5-6-7-8-9-15-11-13(10-14-15)12(2)3/h10-12H,4-9H2,1-3H3. The van der Waals surface area contributed by atoms with Crippen molar-refractivity contribution in [1.82, 2.24) is 9.78 Å². The molecule has 1 aromatic heterocycles. The molecule has 0 amide bonds. The van der Waals surface area contributed by atoms with E-state index in [2.05, 4.69) is 36.7 Å². The number of aryl methyl sites for hydroxylation is 1. The number of hydrogen-bond acceptors (Lipinski definition) is 1. The zero-order valence-corrected chi connectivity index (χ0v) is 10.4. The molecule has 0 bridgehead atoms. The Morgan fingerprint density at radius 2 is 1.93 bits per heavy atom. The highest BCUT2D eigenvalue weighted by molar-refractivity contribution is 5.08. The fraction of sp³-hybridized carbons (Fsp3) is 0.769. The largest absolute Gasteiger partial charge is 0.272 e. The lowest BCUT2D eigenvalue weighted by atomic mass is 10.1. The van der Waals surface area contributed by atoms with E-state index in [1.165, 1.54) is 37.7 Å². The van der Waals surface area contributed by atoms with Crippen molar-refractivity contribution in [3.8, 4) is 0 Å². The first kappa shape index (κ1) is 12.3. The maximum atomic E-state index is 4.37. The molecule has 0 N–H and O–H groups in total. The van der Waals surface area contributed by atoms with Crippen LogP contribution in [0, 0.1) is 0 Å². The fourth-order valence-electron chi connectivity index (χ4n) is 1.68. The average Bonchev–Trinajstić information content (AvgIpc) is 2.66. The molecule has 15 heavy (non-hydrogen) atoms. The van der Waals surface area contributed by atoms with Crippen LogP contribution in [0.3, 0.4) is 0 Å². The summed E-state index contributed by atoms with van der Waals surface area (Å²) in [4.78, 5) is 0. The van der Waals surface area contributed by atoms with Crippen molar-refractivity contribution in [3.05, 3.63) is 18.0 Å². The number of nitrogens with zero attached hydrogens (tertiary/aromatic N) is 2. The lowest BCUT2D eigenvalue weighted by Crippen LogP contribution is -1.98. The van der Waals surface area contributed by atoms with Gasteiger partial charge in [-0.1, -0.05) is 46.5 Å². The molecule has 86 valence electrons. The van der Waals surface area contributed by atoms with Gasteiger partial charge in [0.25, 0.3) is 0 Å². The Bertz CT molecular complexity index is 263. The Morgan fingerprint density at radius 1 is 1.20 bits per heavy atom. The first-order chi connectivity index (χ1) is 7.24. The minimum Gasteiger partial charge on any atom is -0.272 e. The number of hydrogen-bond donors (Lipinski definition) is 0. The van der Waals surface area contributed by atoms with Gasteiger partial charge in [-0.25, -0.2) is 0 Å². The van der Waals surface area contributed by atoms with E-state index in [1.54, 1.807) is 0 Å². The molecule has 0 saturated carbocycles. The van der Waals surface area contributed by atoms with Crippen molar-refractivity contribution < 1.29 is 0 Å². The van der Waals surface area contributed by atoms with Crippen LogP contribution in [0.5, 0.6) is 0 Å². The number of aromatic nitrogens is 2. The topological polar surface area (TPSA) is 17.8 Å². The van der Waals surface area contributed by atoms with E-state index >= 15 is 0 Å². The molecule has 0 saturated heterocycles. The summed E-state index contributed by atoms with van der Waals surface area (Å²) in [5.74, 6) is 0.596. The van der Waals surface area contributed by atoms with Gasteiger partial charge < -0.3 is 0 Å². The first-order valence-corrected chi connectivity index (χ1v) is 6.26. The molecular formula is C13H24N2. The van der Waals surface area contributed by atoms with Gasteiger partial charge in [-0.15, -0.1) is 0 Å². The summed E-state index contributed by atoms with van der Waals surface area (Å²) in [6, 6.07) is 0. The van der Waals surface area contributed by atoms with Crippen molar-refractivity contribution in [2.45, 2.75) is 65.3 Å². The third kappa shape index (κ3) is 4.50. The molecule has 0 radical (unpaired) electrons. The van der Waals surface area contributed by atoms with Gasteiger partial charge in [-0.05, 0) is 17.9 Å². The minimum atomic E-state index is 0.596. The van der Waals surface area contributed by atoms with Gasteiger partial charge in [0, 0.05) is 12.7 Å². The normalized spacial score (nSPS) is 11.2. The highest BCUT2D eigenvalue weighted by Gasteiger charge is 2.01. The van der Waals surface area contributed by atoms with Gasteiger partial charge in [-0.2, -0.15) is 5.10 Å². The monoisotopic (exact) mass is 208 g/mol. The molecule has 0 aliphatic rings. The van der Waals surface area contributed by atoms with E-state index < -0.39 is 0 Å². The third-order valence-electron chi connectivity index (χ3n) is 2.81. The van der Waals surface area contributed by atoms with Crippen LogP contribution >= 0.6 is 0 Å². The second kappa shape index (κ2) is 6.65. The Kier molecular flexibility index (Phi) is 5.44. The van der Waals surface area contributed by atoms with E-state index in [1.807, 2.05) is 6.20 Å². The summed E-state index contributed by atoms with van der Waals surface area (Å²) < 4.78 is 2.08. The molecule has 2 nitrogen and oxygen atoms in total. The van der Waals surface area contributed by atoms with Crippen molar-refractivity contribution in [3.63, 3.8) is 0 Å². The lowest BCUT2D eigenvalue weighted by Gasteiger charge is -2.01. The van der Waals surface area contributed by atoms with E-state index in [0.29, 0.717) is 5.92 Å². The predicted molar refractivity (Wildman–Crippen MR) is 65.1 cm³/mol. The van der Waals surface area contributed by atoms with Crippen molar-refractivity contribution in [2.24, 2.45) is 0 Å². The minimum absolute atomic E-state index is 0.596. The maximum Gasteiger partial charge on any atom is 0.0524 e. The highest BCUT2D eigenvalue weighted by atomic mass is 15.3. The predicted octanol–water partition coefficient (Wildman–Crippen LogP) is 3.98. The third-order valence-corrected chi connectivity index (χ3v) is 2.81. The maximum absolute atomic E-state index is 4.37. The van der Waals surface area contributed by atoms with E-state index in [-0.39, 0.29) is 0 Å². The molecule has 0 spiro atoms. The summed E-state index contributed by atoms with van der Waals surface area (Å²) in [5.41, 5.74) is 1.35. The summed E-state index contributed by atoms with van der Waals surface area (Å²) in [6.07, 6.45) is 10.8. The van der Waals surface area contributed by atoms with E-state index in [9.17, 15) is 0 Å². The SMILES string of the molecule is CCCCCCCn1cc(C(C)C)cn1. The van der Waals surface area contributed by atoms with E-state index in [4.69, 9.17) is 0 Å². The van der Waals surface area contributed by atoms with Crippen molar-refractivity contribution in [2.75, 3.05) is 0 Å². The van der Waals surface area contributed by atoms with Gasteiger partial charge in [0.1, 0.15) is 0 Å². The van der Waals surface area contributed by atoms with Crippen LogP contribution < -0.4 is 0 Å². The molecule has 0 unspecified atom stereocenters. The Labute approximate surface area is 93.7 Å². The van der Waals surface area contributed by atoms with Crippen molar-refractivity contribution >= 4 is 0 Å². The smallest absolute Gasteiger partial charge is 0.0524 e. The quantitative estimate of drug-likeness (QED) is 0.620. The average molecular weight is 208 g/mol. The fourth-order valence-corrected chi connectivity index (χ4v) is 1.68. The van der Waals surface area contributed by atoms with Crippen LogP contribution in [0.2, 0.25) is 0 Å². The summed E-state index contributed by atoms with van der Waals surface area (Å²) in [7, 11) is 0. The molecule has 0 aliphatic heterocycles. The zero-order chi connectivity index (χ0) is 11.1. The van der Waals surface area contributed by atoms with Crippen LogP contribution in [0.4, 0.5) is 0 Å². The molecule has 1 heterocycles. The van der Waals surface area contributed by atoms with Gasteiger partial charge in [-0.3, -0.25) is 4.68 Å². The van der Waals surface area contributed by atoms with Crippen molar-refractivity contribution in [1.29, 1.82) is 0 Å². The Hall–Kier alpha value is -0.790. The Balaban J connectivity index is 2.20. The highest BCUT2D eigenvalue weighted by Crippen LogP contribution is 2.12. The molecule has 0 fully saturated rings. The number of rotatable bonds is 7. The Morgan fingerprint density at radius 3 is 2.53 bits per heavy atom. The molecule has 0 aliphatic carbocycles. The van der Waals surface area contributed by atoms with Gasteiger partial charge >= 0.3 is 0 Å². The van der Waals surface area contributed by atoms with Crippen LogP contribution in [-0.2, 0) is 6.54 Å². The zero-order valence-electron chi connectivity index (χ0n) is 10.4. The first-order valence-electron chi connectivity index (χ1n) is 6.26. The molecule has 1 aromatic rings. The molecule has 1 rings (SSSR count). The molecule has 0 atom stereocenters. The number of unbranched alkanes of at least 4 members (excludes halogenated alkanes) is 4. The lowest BCUT2D eigenvalue weighted by molar-refractivity contribution is 0.533. The van der Waals surface area contributed by atoms with E-state index in [0.717, 1.165) is 6.54 Å². The molecular weight excluding hydrogens is 184 g/mol. The van der Waals surface area contributed by atoms with Crippen LogP contribution in [-0.4, -0.2) is 9.78 Å². The summed E-state index contributed by atoms with van der Waals surface area (Å²) >= 11 is 0. The summed E-state index contributed by atoms with van der Waals surface area (Å²) in [6.45, 7) is 7.75. The van der Waals surface area contributed by atoms with Crippen LogP contribution in [0.1, 0.15) is 64.4 Å². The molecule has 2 heteroatoms. The van der Waals surface area contributed by atoms with Crippen LogP contribution in [0.15, 0.2) is 12.4 Å². The second-order valence-corrected chi connectivity index (χ2v) is 4.61.